The number of rotatable bonds is 3. The van der Waals surface area contributed by atoms with Gasteiger partial charge in [0.05, 0.1) is 10.5 Å². The minimum atomic E-state index is -0.922. The maximum atomic E-state index is 10.9. The summed E-state index contributed by atoms with van der Waals surface area (Å²) in [7, 11) is 0. The van der Waals surface area contributed by atoms with Crippen LogP contribution in [0.5, 0.6) is 0 Å². The lowest BCUT2D eigenvalue weighted by Gasteiger charge is -2.07. The second-order valence-electron chi connectivity index (χ2n) is 3.70. The molecule has 0 radical (unpaired) electrons. The van der Waals surface area contributed by atoms with E-state index >= 15 is 0 Å². The van der Waals surface area contributed by atoms with Crippen LogP contribution in [0.25, 0.3) is 11.1 Å². The van der Waals surface area contributed by atoms with Gasteiger partial charge in [0, 0.05) is 6.07 Å². The van der Waals surface area contributed by atoms with Gasteiger partial charge in [-0.15, -0.1) is 0 Å². The van der Waals surface area contributed by atoms with Crippen molar-refractivity contribution in [3.8, 4) is 11.1 Å². The maximum Gasteiger partial charge on any atom is 0.275 e. The van der Waals surface area contributed by atoms with Gasteiger partial charge in [0.15, 0.2) is 0 Å². The maximum absolute atomic E-state index is 10.9. The van der Waals surface area contributed by atoms with Crippen molar-refractivity contribution in [2.24, 2.45) is 0 Å². The normalized spacial score (nSPS) is 10.6. The van der Waals surface area contributed by atoms with E-state index in [4.69, 9.17) is 23.2 Å². The summed E-state index contributed by atoms with van der Waals surface area (Å²) in [5.41, 5.74) is 2.06. The van der Waals surface area contributed by atoms with Crippen LogP contribution in [0.1, 0.15) is 10.4 Å². The summed E-state index contributed by atoms with van der Waals surface area (Å²) in [5, 5.41) is 10.9. The second-order valence-corrected chi connectivity index (χ2v) is 4.79. The summed E-state index contributed by atoms with van der Waals surface area (Å²) in [6.45, 7) is 0. The molecule has 3 nitrogen and oxygen atoms in total. The Labute approximate surface area is 114 Å². The third kappa shape index (κ3) is 2.63. The summed E-state index contributed by atoms with van der Waals surface area (Å²) < 4.78 is 0. The third-order valence-electron chi connectivity index (χ3n) is 2.57. The topological polar surface area (TPSA) is 43.1 Å². The molecule has 92 valence electrons. The Morgan fingerprint density at radius 2 is 1.67 bits per heavy atom. The van der Waals surface area contributed by atoms with Gasteiger partial charge < -0.3 is 0 Å². The minimum absolute atomic E-state index is 0.0651. The predicted molar refractivity (Wildman–Crippen MR) is 73.0 cm³/mol. The van der Waals surface area contributed by atoms with Crippen molar-refractivity contribution in [2.75, 3.05) is 0 Å². The summed E-state index contributed by atoms with van der Waals surface area (Å²) in [4.78, 5) is 9.46. The molecule has 18 heavy (non-hydrogen) atoms. The Morgan fingerprint density at radius 1 is 1.00 bits per heavy atom. The highest BCUT2D eigenvalue weighted by molar-refractivity contribution is 6.44. The molecule has 0 bridgehead atoms. The lowest BCUT2D eigenvalue weighted by molar-refractivity contribution is -0.385. The second kappa shape index (κ2) is 5.38. The molecule has 2 aromatic carbocycles. The third-order valence-corrected chi connectivity index (χ3v) is 3.04. The number of benzene rings is 2. The van der Waals surface area contributed by atoms with Crippen LogP contribution in [-0.4, -0.2) is 4.92 Å². The number of halogens is 2. The first kappa shape index (κ1) is 12.9. The van der Waals surface area contributed by atoms with Gasteiger partial charge in [0.2, 0.25) is 0 Å². The summed E-state index contributed by atoms with van der Waals surface area (Å²) in [6, 6.07) is 14.3. The lowest BCUT2D eigenvalue weighted by atomic mass is 10.0. The van der Waals surface area contributed by atoms with Gasteiger partial charge >= 0.3 is 0 Å². The van der Waals surface area contributed by atoms with Crippen LogP contribution in [0.15, 0.2) is 48.5 Å². The Morgan fingerprint density at radius 3 is 2.22 bits per heavy atom. The molecular formula is C13H9Cl2NO2. The van der Waals surface area contributed by atoms with Crippen molar-refractivity contribution >= 4 is 28.9 Å². The zero-order chi connectivity index (χ0) is 13.1. The molecular weight excluding hydrogens is 273 g/mol. The molecule has 0 aliphatic rings. The van der Waals surface area contributed by atoms with E-state index in [-0.39, 0.29) is 5.69 Å². The molecule has 5 heteroatoms. The van der Waals surface area contributed by atoms with Crippen molar-refractivity contribution in [3.63, 3.8) is 0 Å². The first-order chi connectivity index (χ1) is 8.59. The largest absolute Gasteiger partial charge is 0.275 e. The quantitative estimate of drug-likeness (QED) is 0.463. The van der Waals surface area contributed by atoms with Gasteiger partial charge in [0.25, 0.3) is 5.69 Å². The molecule has 2 rings (SSSR count). The predicted octanol–water partition coefficient (Wildman–Crippen LogP) is 4.74. The molecule has 0 N–H and O–H groups in total. The van der Waals surface area contributed by atoms with Gasteiger partial charge in [-0.3, -0.25) is 10.1 Å². The average Bonchev–Trinajstić information content (AvgIpc) is 2.39. The summed E-state index contributed by atoms with van der Waals surface area (Å²) in [5.74, 6) is 0. The highest BCUT2D eigenvalue weighted by atomic mass is 35.5. The van der Waals surface area contributed by atoms with Crippen molar-refractivity contribution in [1.29, 1.82) is 0 Å². The van der Waals surface area contributed by atoms with Gasteiger partial charge in [-0.25, -0.2) is 0 Å². The smallest absolute Gasteiger partial charge is 0.258 e. The van der Waals surface area contributed by atoms with Gasteiger partial charge in [-0.1, -0.05) is 53.5 Å². The van der Waals surface area contributed by atoms with Gasteiger partial charge in [-0.2, -0.15) is 0 Å². The molecule has 0 atom stereocenters. The Hall–Kier alpha value is -1.58. The van der Waals surface area contributed by atoms with Crippen LogP contribution >= 0.6 is 23.2 Å². The summed E-state index contributed by atoms with van der Waals surface area (Å²) in [6.07, 6.45) is 0. The standard InChI is InChI=1S/C13H9Cl2NO2/c14-13(15)11-8-10(6-7-12(11)16(17)18)9-4-2-1-3-5-9/h1-8,13H. The minimum Gasteiger partial charge on any atom is -0.258 e. The van der Waals surface area contributed by atoms with E-state index in [0.717, 1.165) is 11.1 Å². The fraction of sp³-hybridized carbons (Fsp3) is 0.0769. The first-order valence-corrected chi connectivity index (χ1v) is 6.09. The number of nitrogens with zero attached hydrogens (tertiary/aromatic N) is 1. The van der Waals surface area contributed by atoms with Gasteiger partial charge in [-0.05, 0) is 23.3 Å². The van der Waals surface area contributed by atoms with Gasteiger partial charge in [0.1, 0.15) is 4.84 Å². The average molecular weight is 282 g/mol. The van der Waals surface area contributed by atoms with Crippen LogP contribution in [0.2, 0.25) is 0 Å². The molecule has 0 unspecified atom stereocenters. The molecule has 0 saturated heterocycles. The zero-order valence-corrected chi connectivity index (χ0v) is 10.7. The Balaban J connectivity index is 2.54. The highest BCUT2D eigenvalue weighted by Gasteiger charge is 2.19. The van der Waals surface area contributed by atoms with Crippen molar-refractivity contribution in [3.05, 3.63) is 64.2 Å². The Bertz CT molecular complexity index is 570. The van der Waals surface area contributed by atoms with E-state index in [1.54, 1.807) is 12.1 Å². The molecule has 0 aliphatic heterocycles. The molecule has 0 fully saturated rings. The number of alkyl halides is 2. The molecule has 0 heterocycles. The highest BCUT2D eigenvalue weighted by Crippen LogP contribution is 2.35. The van der Waals surface area contributed by atoms with E-state index in [1.807, 2.05) is 30.3 Å². The van der Waals surface area contributed by atoms with Crippen LogP contribution in [0.3, 0.4) is 0 Å². The zero-order valence-electron chi connectivity index (χ0n) is 9.22. The Kier molecular flexibility index (Phi) is 3.84. The van der Waals surface area contributed by atoms with E-state index < -0.39 is 9.76 Å². The number of hydrogen-bond donors (Lipinski definition) is 0. The first-order valence-electron chi connectivity index (χ1n) is 5.21. The van der Waals surface area contributed by atoms with E-state index in [1.165, 1.54) is 6.07 Å². The summed E-state index contributed by atoms with van der Waals surface area (Å²) >= 11 is 11.5. The van der Waals surface area contributed by atoms with Crippen LogP contribution < -0.4 is 0 Å². The number of hydrogen-bond acceptors (Lipinski definition) is 2. The van der Waals surface area contributed by atoms with Crippen molar-refractivity contribution in [2.45, 2.75) is 4.84 Å². The SMILES string of the molecule is O=[N+]([O-])c1ccc(-c2ccccc2)cc1C(Cl)Cl. The monoisotopic (exact) mass is 281 g/mol. The van der Waals surface area contributed by atoms with E-state index in [9.17, 15) is 10.1 Å². The van der Waals surface area contributed by atoms with Crippen LogP contribution in [-0.2, 0) is 0 Å². The number of nitro groups is 1. The molecule has 0 spiro atoms. The van der Waals surface area contributed by atoms with Crippen molar-refractivity contribution < 1.29 is 4.92 Å². The molecule has 0 amide bonds. The number of nitro benzene ring substituents is 1. The fourth-order valence-corrected chi connectivity index (χ4v) is 2.06. The van der Waals surface area contributed by atoms with Crippen molar-refractivity contribution in [1.82, 2.24) is 0 Å². The molecule has 2 aromatic rings. The van der Waals surface area contributed by atoms with E-state index in [0.29, 0.717) is 5.56 Å². The fourth-order valence-electron chi connectivity index (χ4n) is 1.71. The van der Waals surface area contributed by atoms with Crippen LogP contribution in [0.4, 0.5) is 5.69 Å². The van der Waals surface area contributed by atoms with Crippen LogP contribution in [0, 0.1) is 10.1 Å². The lowest BCUT2D eigenvalue weighted by Crippen LogP contribution is -1.95. The van der Waals surface area contributed by atoms with E-state index in [2.05, 4.69) is 0 Å². The molecule has 0 aliphatic carbocycles. The molecule has 0 saturated carbocycles. The molecule has 0 aromatic heterocycles.